The number of rotatable bonds is 9. The average Bonchev–Trinajstić information content (AvgIpc) is 2.81. The smallest absolute Gasteiger partial charge is 0.339 e. The van der Waals surface area contributed by atoms with Gasteiger partial charge in [-0.05, 0) is 71.2 Å². The number of carbonyl (C=O) groups is 2. The average molecular weight is 525 g/mol. The standard InChI is InChI=1S/C25H25BrN4O4/c1-3-33-22-14-18(15-27-30-25(32)29-21-12-8-7-9-17(21)2)13-20(26)24(22)34-16-23(31)28-19-10-5-4-6-11-19/h4-15H,3,16H2,1-2H3,(H,28,31)(H2,29,30,32). The number of halogens is 1. The molecule has 0 aliphatic rings. The van der Waals surface area contributed by atoms with Crippen molar-refractivity contribution in [1.82, 2.24) is 5.43 Å². The van der Waals surface area contributed by atoms with Crippen LogP contribution in [0.15, 0.2) is 76.3 Å². The van der Waals surface area contributed by atoms with E-state index in [0.29, 0.717) is 39.5 Å². The zero-order chi connectivity index (χ0) is 24.3. The number of hydrogen-bond acceptors (Lipinski definition) is 5. The lowest BCUT2D eigenvalue weighted by atomic mass is 10.2. The lowest BCUT2D eigenvalue weighted by Crippen LogP contribution is -2.24. The molecule has 3 rings (SSSR count). The van der Waals surface area contributed by atoms with E-state index in [0.717, 1.165) is 5.56 Å². The van der Waals surface area contributed by atoms with Crippen molar-refractivity contribution in [2.45, 2.75) is 13.8 Å². The predicted octanol–water partition coefficient (Wildman–Crippen LogP) is 5.33. The van der Waals surface area contributed by atoms with Gasteiger partial charge in [0.2, 0.25) is 0 Å². The van der Waals surface area contributed by atoms with Crippen LogP contribution in [0.2, 0.25) is 0 Å². The molecule has 0 bridgehead atoms. The molecular formula is C25H25BrN4O4. The summed E-state index contributed by atoms with van der Waals surface area (Å²) >= 11 is 3.46. The van der Waals surface area contributed by atoms with E-state index >= 15 is 0 Å². The monoisotopic (exact) mass is 524 g/mol. The molecule has 3 aromatic rings. The molecule has 3 amide bonds. The molecule has 9 heteroatoms. The molecule has 0 aliphatic heterocycles. The van der Waals surface area contributed by atoms with Gasteiger partial charge in [-0.3, -0.25) is 4.79 Å². The summed E-state index contributed by atoms with van der Waals surface area (Å²) in [7, 11) is 0. The predicted molar refractivity (Wildman–Crippen MR) is 137 cm³/mol. The Morgan fingerprint density at radius 1 is 1.00 bits per heavy atom. The van der Waals surface area contributed by atoms with Gasteiger partial charge in [-0.15, -0.1) is 0 Å². The molecule has 3 N–H and O–H groups in total. The Morgan fingerprint density at radius 3 is 2.47 bits per heavy atom. The zero-order valence-electron chi connectivity index (χ0n) is 18.8. The first-order valence-corrected chi connectivity index (χ1v) is 11.3. The first-order valence-electron chi connectivity index (χ1n) is 10.6. The normalized spacial score (nSPS) is 10.6. The van der Waals surface area contributed by atoms with Crippen LogP contribution < -0.4 is 25.5 Å². The van der Waals surface area contributed by atoms with Gasteiger partial charge in [0.05, 0.1) is 17.3 Å². The van der Waals surface area contributed by atoms with Gasteiger partial charge in [0.15, 0.2) is 18.1 Å². The number of benzene rings is 3. The van der Waals surface area contributed by atoms with E-state index in [-0.39, 0.29) is 12.5 Å². The van der Waals surface area contributed by atoms with Gasteiger partial charge in [0.25, 0.3) is 5.91 Å². The van der Waals surface area contributed by atoms with Gasteiger partial charge in [-0.25, -0.2) is 10.2 Å². The SMILES string of the molecule is CCOc1cc(C=NNC(=O)Nc2ccccc2C)cc(Br)c1OCC(=O)Nc1ccccc1. The van der Waals surface area contributed by atoms with Crippen molar-refractivity contribution in [2.24, 2.45) is 5.10 Å². The van der Waals surface area contributed by atoms with Crippen LogP contribution in [0.25, 0.3) is 0 Å². The number of para-hydroxylation sites is 2. The van der Waals surface area contributed by atoms with Crippen molar-refractivity contribution < 1.29 is 19.1 Å². The second-order valence-corrected chi connectivity index (χ2v) is 7.96. The zero-order valence-corrected chi connectivity index (χ0v) is 20.4. The summed E-state index contributed by atoms with van der Waals surface area (Å²) in [5.74, 6) is 0.540. The van der Waals surface area contributed by atoms with Crippen LogP contribution in [0.4, 0.5) is 16.2 Å². The van der Waals surface area contributed by atoms with E-state index in [1.165, 1.54) is 6.21 Å². The number of hydrazone groups is 1. The fourth-order valence-corrected chi connectivity index (χ4v) is 3.52. The number of nitrogens with zero attached hydrogens (tertiary/aromatic N) is 1. The highest BCUT2D eigenvalue weighted by atomic mass is 79.9. The molecule has 0 aliphatic carbocycles. The second kappa shape index (κ2) is 12.4. The first-order chi connectivity index (χ1) is 16.5. The molecule has 3 aromatic carbocycles. The third-order valence-corrected chi connectivity index (χ3v) is 5.10. The number of ether oxygens (including phenoxy) is 2. The van der Waals surface area contributed by atoms with Crippen molar-refractivity contribution in [3.63, 3.8) is 0 Å². The number of urea groups is 1. The van der Waals surface area contributed by atoms with Gasteiger partial charge >= 0.3 is 6.03 Å². The van der Waals surface area contributed by atoms with Crippen LogP contribution in [0.3, 0.4) is 0 Å². The fraction of sp³-hybridized carbons (Fsp3) is 0.160. The first kappa shape index (κ1) is 24.8. The highest BCUT2D eigenvalue weighted by Gasteiger charge is 2.14. The van der Waals surface area contributed by atoms with E-state index in [1.807, 2.05) is 56.3 Å². The van der Waals surface area contributed by atoms with E-state index < -0.39 is 6.03 Å². The lowest BCUT2D eigenvalue weighted by Gasteiger charge is -2.14. The van der Waals surface area contributed by atoms with E-state index in [9.17, 15) is 9.59 Å². The molecule has 0 spiro atoms. The molecule has 0 unspecified atom stereocenters. The van der Waals surface area contributed by atoms with Gasteiger partial charge in [-0.1, -0.05) is 36.4 Å². The molecule has 0 aromatic heterocycles. The van der Waals surface area contributed by atoms with Crippen LogP contribution in [-0.2, 0) is 4.79 Å². The van der Waals surface area contributed by atoms with Gasteiger partial charge in [0.1, 0.15) is 0 Å². The second-order valence-electron chi connectivity index (χ2n) is 7.10. The fourth-order valence-electron chi connectivity index (χ4n) is 2.95. The Hall–Kier alpha value is -3.85. The Kier molecular flexibility index (Phi) is 9.04. The molecule has 0 saturated heterocycles. The molecule has 0 fully saturated rings. The number of aryl methyl sites for hydroxylation is 1. The van der Waals surface area contributed by atoms with E-state index in [2.05, 4.69) is 37.1 Å². The summed E-state index contributed by atoms with van der Waals surface area (Å²) in [4.78, 5) is 24.3. The lowest BCUT2D eigenvalue weighted by molar-refractivity contribution is -0.118. The minimum absolute atomic E-state index is 0.193. The number of nitrogens with one attached hydrogen (secondary N) is 3. The quantitative estimate of drug-likeness (QED) is 0.260. The third kappa shape index (κ3) is 7.35. The maximum Gasteiger partial charge on any atom is 0.339 e. The Labute approximate surface area is 206 Å². The molecule has 34 heavy (non-hydrogen) atoms. The molecule has 8 nitrogen and oxygen atoms in total. The largest absolute Gasteiger partial charge is 0.490 e. The summed E-state index contributed by atoms with van der Waals surface area (Å²) in [6, 6.07) is 19.6. The number of amides is 3. The molecule has 0 heterocycles. The molecule has 176 valence electrons. The summed E-state index contributed by atoms with van der Waals surface area (Å²) < 4.78 is 12.0. The van der Waals surface area contributed by atoms with Crippen molar-refractivity contribution in [1.29, 1.82) is 0 Å². The summed E-state index contributed by atoms with van der Waals surface area (Å²) in [5, 5.41) is 9.50. The highest BCUT2D eigenvalue weighted by Crippen LogP contribution is 2.36. The van der Waals surface area contributed by atoms with E-state index in [1.54, 1.807) is 24.3 Å². The van der Waals surface area contributed by atoms with Crippen molar-refractivity contribution >= 4 is 45.5 Å². The number of carbonyl (C=O) groups excluding carboxylic acids is 2. The maximum absolute atomic E-state index is 12.2. The number of anilines is 2. The van der Waals surface area contributed by atoms with Crippen LogP contribution in [0.1, 0.15) is 18.1 Å². The van der Waals surface area contributed by atoms with Gasteiger partial charge < -0.3 is 20.1 Å². The van der Waals surface area contributed by atoms with Crippen LogP contribution in [0, 0.1) is 6.92 Å². The Morgan fingerprint density at radius 2 is 1.74 bits per heavy atom. The van der Waals surface area contributed by atoms with Crippen LogP contribution in [0.5, 0.6) is 11.5 Å². The van der Waals surface area contributed by atoms with Crippen LogP contribution in [-0.4, -0.2) is 31.4 Å². The van der Waals surface area contributed by atoms with Crippen molar-refractivity contribution in [3.05, 3.63) is 82.3 Å². The molecule has 0 saturated carbocycles. The summed E-state index contributed by atoms with van der Waals surface area (Å²) in [6.07, 6.45) is 1.48. The highest BCUT2D eigenvalue weighted by molar-refractivity contribution is 9.10. The summed E-state index contributed by atoms with van der Waals surface area (Å²) in [5.41, 5.74) is 5.43. The maximum atomic E-state index is 12.2. The minimum Gasteiger partial charge on any atom is -0.490 e. The third-order valence-electron chi connectivity index (χ3n) is 4.51. The Bertz CT molecular complexity index is 1170. The topological polar surface area (TPSA) is 101 Å². The molecule has 0 radical (unpaired) electrons. The van der Waals surface area contributed by atoms with Crippen molar-refractivity contribution in [3.8, 4) is 11.5 Å². The van der Waals surface area contributed by atoms with E-state index in [4.69, 9.17) is 9.47 Å². The molecular weight excluding hydrogens is 500 g/mol. The summed E-state index contributed by atoms with van der Waals surface area (Å²) in [6.45, 7) is 3.96. The van der Waals surface area contributed by atoms with Gasteiger partial charge in [-0.2, -0.15) is 5.10 Å². The van der Waals surface area contributed by atoms with Crippen LogP contribution >= 0.6 is 15.9 Å². The van der Waals surface area contributed by atoms with Crippen molar-refractivity contribution in [2.75, 3.05) is 23.8 Å². The van der Waals surface area contributed by atoms with Gasteiger partial charge in [0, 0.05) is 11.4 Å². The minimum atomic E-state index is -0.459. The number of hydrogen-bond donors (Lipinski definition) is 3. The Balaban J connectivity index is 1.62. The molecule has 0 atom stereocenters.